The van der Waals surface area contributed by atoms with Gasteiger partial charge in [-0.2, -0.15) is 0 Å². The van der Waals surface area contributed by atoms with Crippen molar-refractivity contribution in [2.75, 3.05) is 38.0 Å². The van der Waals surface area contributed by atoms with Crippen molar-refractivity contribution >= 4 is 34.8 Å². The van der Waals surface area contributed by atoms with Gasteiger partial charge in [0.1, 0.15) is 0 Å². The van der Waals surface area contributed by atoms with E-state index in [0.717, 1.165) is 38.3 Å². The largest absolute Gasteiger partial charge is 0.322 e. The number of piperazine rings is 1. The third-order valence-electron chi connectivity index (χ3n) is 4.87. The van der Waals surface area contributed by atoms with Crippen LogP contribution in [0.1, 0.15) is 16.7 Å². The van der Waals surface area contributed by atoms with Gasteiger partial charge in [-0.3, -0.25) is 14.6 Å². The zero-order valence-electron chi connectivity index (χ0n) is 15.8. The summed E-state index contributed by atoms with van der Waals surface area (Å²) in [6, 6.07) is 12.2. The Morgan fingerprint density at radius 2 is 1.74 bits per heavy atom. The molecule has 1 fully saturated rings. The molecule has 0 aliphatic carbocycles. The van der Waals surface area contributed by atoms with Crippen LogP contribution in [0.2, 0.25) is 10.0 Å². The summed E-state index contributed by atoms with van der Waals surface area (Å²) in [7, 11) is 0. The van der Waals surface area contributed by atoms with E-state index in [1.54, 1.807) is 6.07 Å². The Balaban J connectivity index is 1.49. The Morgan fingerprint density at radius 1 is 1.04 bits per heavy atom. The van der Waals surface area contributed by atoms with Crippen molar-refractivity contribution < 1.29 is 4.79 Å². The molecule has 0 bridgehead atoms. The van der Waals surface area contributed by atoms with Gasteiger partial charge in [-0.15, -0.1) is 0 Å². The second-order valence-corrected chi connectivity index (χ2v) is 7.93. The fraction of sp³-hybridized carbons (Fsp3) is 0.381. The van der Waals surface area contributed by atoms with Crippen LogP contribution in [0.5, 0.6) is 0 Å². The molecule has 0 radical (unpaired) electrons. The standard InChI is InChI=1S/C21H25Cl2N3O/c1-15-4-3-5-17(12-15)13-25-8-10-26(11-9-25)14-19(27)24-21-18(22)7-6-16(2)20(21)23/h3-7,12H,8-11,13-14H2,1-2H3,(H,24,27). The highest BCUT2D eigenvalue weighted by molar-refractivity contribution is 6.40. The van der Waals surface area contributed by atoms with E-state index in [2.05, 4.69) is 46.3 Å². The summed E-state index contributed by atoms with van der Waals surface area (Å²) < 4.78 is 0. The van der Waals surface area contributed by atoms with Crippen LogP contribution in [0.3, 0.4) is 0 Å². The van der Waals surface area contributed by atoms with Crippen LogP contribution in [0, 0.1) is 13.8 Å². The molecule has 0 saturated carbocycles. The molecule has 1 heterocycles. The van der Waals surface area contributed by atoms with Crippen molar-refractivity contribution in [3.05, 3.63) is 63.1 Å². The summed E-state index contributed by atoms with van der Waals surface area (Å²) in [5.41, 5.74) is 4.02. The summed E-state index contributed by atoms with van der Waals surface area (Å²) in [6.45, 7) is 8.95. The number of hydrogen-bond acceptors (Lipinski definition) is 3. The molecule has 3 rings (SSSR count). The summed E-state index contributed by atoms with van der Waals surface area (Å²) in [5, 5.41) is 3.82. The molecule has 0 spiro atoms. The summed E-state index contributed by atoms with van der Waals surface area (Å²) >= 11 is 12.4. The van der Waals surface area contributed by atoms with Crippen molar-refractivity contribution in [3.63, 3.8) is 0 Å². The molecule has 1 aliphatic heterocycles. The fourth-order valence-electron chi connectivity index (χ4n) is 3.33. The van der Waals surface area contributed by atoms with Crippen LogP contribution < -0.4 is 5.32 Å². The van der Waals surface area contributed by atoms with Crippen LogP contribution in [0.4, 0.5) is 5.69 Å². The molecule has 1 saturated heterocycles. The number of carbonyl (C=O) groups excluding carboxylic acids is 1. The first-order valence-electron chi connectivity index (χ1n) is 9.17. The number of nitrogens with one attached hydrogen (secondary N) is 1. The highest BCUT2D eigenvalue weighted by Gasteiger charge is 2.20. The Labute approximate surface area is 171 Å². The van der Waals surface area contributed by atoms with Gasteiger partial charge >= 0.3 is 0 Å². The van der Waals surface area contributed by atoms with E-state index in [-0.39, 0.29) is 5.91 Å². The molecular formula is C21H25Cl2N3O. The predicted octanol–water partition coefficient (Wildman–Crippen LogP) is 4.37. The molecule has 0 aromatic heterocycles. The van der Waals surface area contributed by atoms with E-state index in [1.165, 1.54) is 11.1 Å². The first kappa shape index (κ1) is 20.2. The number of aryl methyl sites for hydroxylation is 2. The molecule has 2 aromatic rings. The van der Waals surface area contributed by atoms with Crippen molar-refractivity contribution in [1.82, 2.24) is 9.80 Å². The minimum atomic E-state index is -0.0865. The lowest BCUT2D eigenvalue weighted by molar-refractivity contribution is -0.117. The van der Waals surface area contributed by atoms with Gasteiger partial charge in [-0.25, -0.2) is 0 Å². The monoisotopic (exact) mass is 405 g/mol. The van der Waals surface area contributed by atoms with E-state index < -0.39 is 0 Å². The first-order valence-corrected chi connectivity index (χ1v) is 9.92. The zero-order chi connectivity index (χ0) is 19.4. The minimum Gasteiger partial charge on any atom is -0.322 e. The minimum absolute atomic E-state index is 0.0865. The van der Waals surface area contributed by atoms with Gasteiger partial charge in [0, 0.05) is 32.7 Å². The molecule has 4 nitrogen and oxygen atoms in total. The number of rotatable bonds is 5. The molecule has 1 aliphatic rings. The fourth-order valence-corrected chi connectivity index (χ4v) is 3.79. The van der Waals surface area contributed by atoms with Crippen molar-refractivity contribution in [1.29, 1.82) is 0 Å². The van der Waals surface area contributed by atoms with E-state index in [9.17, 15) is 4.79 Å². The first-order chi connectivity index (χ1) is 12.9. The Hall–Kier alpha value is -1.59. The smallest absolute Gasteiger partial charge is 0.238 e. The second kappa shape index (κ2) is 9.07. The lowest BCUT2D eigenvalue weighted by Crippen LogP contribution is -2.48. The predicted molar refractivity (Wildman–Crippen MR) is 113 cm³/mol. The number of carbonyl (C=O) groups is 1. The molecule has 1 amide bonds. The van der Waals surface area contributed by atoms with Gasteiger partial charge in [0.05, 0.1) is 22.3 Å². The van der Waals surface area contributed by atoms with Gasteiger partial charge < -0.3 is 5.32 Å². The molecule has 144 valence electrons. The number of halogens is 2. The van der Waals surface area contributed by atoms with E-state index in [0.29, 0.717) is 22.3 Å². The maximum absolute atomic E-state index is 12.4. The van der Waals surface area contributed by atoms with Crippen LogP contribution in [-0.2, 0) is 11.3 Å². The number of benzene rings is 2. The number of amides is 1. The van der Waals surface area contributed by atoms with E-state index >= 15 is 0 Å². The summed E-state index contributed by atoms with van der Waals surface area (Å²) in [4.78, 5) is 17.0. The molecule has 27 heavy (non-hydrogen) atoms. The molecule has 1 N–H and O–H groups in total. The second-order valence-electron chi connectivity index (χ2n) is 7.14. The molecular weight excluding hydrogens is 381 g/mol. The molecule has 6 heteroatoms. The van der Waals surface area contributed by atoms with Crippen LogP contribution >= 0.6 is 23.2 Å². The summed E-state index contributed by atoms with van der Waals surface area (Å²) in [5.74, 6) is -0.0865. The van der Waals surface area contributed by atoms with Gasteiger partial charge in [0.15, 0.2) is 0 Å². The van der Waals surface area contributed by atoms with Crippen LogP contribution in [-0.4, -0.2) is 48.4 Å². The van der Waals surface area contributed by atoms with Gasteiger partial charge in [-0.05, 0) is 31.0 Å². The van der Waals surface area contributed by atoms with E-state index in [4.69, 9.17) is 23.2 Å². The lowest BCUT2D eigenvalue weighted by atomic mass is 10.1. The zero-order valence-corrected chi connectivity index (χ0v) is 17.3. The van der Waals surface area contributed by atoms with Crippen LogP contribution in [0.15, 0.2) is 36.4 Å². The lowest BCUT2D eigenvalue weighted by Gasteiger charge is -2.34. The number of nitrogens with zero attached hydrogens (tertiary/aromatic N) is 2. The summed E-state index contributed by atoms with van der Waals surface area (Å²) in [6.07, 6.45) is 0. The number of hydrogen-bond donors (Lipinski definition) is 1. The average molecular weight is 406 g/mol. The maximum atomic E-state index is 12.4. The Kier molecular flexibility index (Phi) is 6.77. The molecule has 2 aromatic carbocycles. The van der Waals surface area contributed by atoms with Crippen molar-refractivity contribution in [3.8, 4) is 0 Å². The van der Waals surface area contributed by atoms with Gasteiger partial charge in [0.25, 0.3) is 0 Å². The van der Waals surface area contributed by atoms with Gasteiger partial charge in [0.2, 0.25) is 5.91 Å². The quantitative estimate of drug-likeness (QED) is 0.801. The molecule has 0 unspecified atom stereocenters. The van der Waals surface area contributed by atoms with Crippen molar-refractivity contribution in [2.45, 2.75) is 20.4 Å². The maximum Gasteiger partial charge on any atom is 0.238 e. The Bertz CT molecular complexity index is 817. The normalized spacial score (nSPS) is 15.7. The third-order valence-corrected chi connectivity index (χ3v) is 5.67. The van der Waals surface area contributed by atoms with Gasteiger partial charge in [-0.1, -0.05) is 59.1 Å². The number of anilines is 1. The van der Waals surface area contributed by atoms with Crippen molar-refractivity contribution in [2.24, 2.45) is 0 Å². The molecule has 0 atom stereocenters. The van der Waals surface area contributed by atoms with Crippen LogP contribution in [0.25, 0.3) is 0 Å². The third kappa shape index (κ3) is 5.45. The highest BCUT2D eigenvalue weighted by Crippen LogP contribution is 2.32. The Morgan fingerprint density at radius 3 is 2.44 bits per heavy atom. The topological polar surface area (TPSA) is 35.6 Å². The van der Waals surface area contributed by atoms with E-state index in [1.807, 2.05) is 13.0 Å². The SMILES string of the molecule is Cc1cccc(CN2CCN(CC(=O)Nc3c(Cl)ccc(C)c3Cl)CC2)c1. The highest BCUT2D eigenvalue weighted by atomic mass is 35.5. The average Bonchev–Trinajstić information content (AvgIpc) is 2.64.